The molecule has 2 rings (SSSR count). The smallest absolute Gasteiger partial charge is 0.412 e. The van der Waals surface area contributed by atoms with Crippen LogP contribution in [0.2, 0.25) is 0 Å². The molecular formula is C17H20N2O5. The van der Waals surface area contributed by atoms with Gasteiger partial charge in [0.05, 0.1) is 11.3 Å². The summed E-state index contributed by atoms with van der Waals surface area (Å²) in [6.07, 6.45) is -0.592. The van der Waals surface area contributed by atoms with E-state index in [4.69, 9.17) is 14.0 Å². The fourth-order valence-electron chi connectivity index (χ4n) is 1.85. The number of carbonyl (C=O) groups is 2. The Morgan fingerprint density at radius 3 is 2.62 bits per heavy atom. The number of ether oxygens (including phenoxy) is 2. The van der Waals surface area contributed by atoms with Gasteiger partial charge in [0.25, 0.3) is 0 Å². The molecule has 0 saturated carbocycles. The van der Waals surface area contributed by atoms with Crippen LogP contribution < -0.4 is 5.32 Å². The highest BCUT2D eigenvalue weighted by Crippen LogP contribution is 2.15. The number of rotatable bonds is 4. The van der Waals surface area contributed by atoms with Gasteiger partial charge in [-0.15, -0.1) is 0 Å². The minimum Gasteiger partial charge on any atom is -0.454 e. The minimum absolute atomic E-state index is 0.0105. The number of aryl methyl sites for hydroxylation is 1. The number of aromatic nitrogens is 1. The molecule has 0 unspecified atom stereocenters. The van der Waals surface area contributed by atoms with Gasteiger partial charge in [0.1, 0.15) is 5.60 Å². The van der Waals surface area contributed by atoms with Gasteiger partial charge in [-0.05, 0) is 45.9 Å². The fourth-order valence-corrected chi connectivity index (χ4v) is 1.85. The van der Waals surface area contributed by atoms with Crippen molar-refractivity contribution in [3.05, 3.63) is 47.3 Å². The van der Waals surface area contributed by atoms with Crippen molar-refractivity contribution in [3.63, 3.8) is 0 Å². The molecule has 128 valence electrons. The third-order valence-corrected chi connectivity index (χ3v) is 2.77. The van der Waals surface area contributed by atoms with Gasteiger partial charge in [0.2, 0.25) is 0 Å². The number of esters is 1. The van der Waals surface area contributed by atoms with Crippen LogP contribution in [0.15, 0.2) is 34.9 Å². The summed E-state index contributed by atoms with van der Waals surface area (Å²) in [4.78, 5) is 23.8. The van der Waals surface area contributed by atoms with Gasteiger partial charge in [-0.2, -0.15) is 0 Å². The highest BCUT2D eigenvalue weighted by atomic mass is 16.6. The van der Waals surface area contributed by atoms with Crippen molar-refractivity contribution in [2.24, 2.45) is 0 Å². The zero-order valence-corrected chi connectivity index (χ0v) is 14.1. The molecule has 0 bridgehead atoms. The Balaban J connectivity index is 1.96. The van der Waals surface area contributed by atoms with Gasteiger partial charge < -0.3 is 14.0 Å². The van der Waals surface area contributed by atoms with Crippen LogP contribution in [-0.4, -0.2) is 22.8 Å². The van der Waals surface area contributed by atoms with Crippen molar-refractivity contribution in [1.29, 1.82) is 0 Å². The maximum Gasteiger partial charge on any atom is 0.412 e. The van der Waals surface area contributed by atoms with E-state index in [-0.39, 0.29) is 6.61 Å². The Bertz CT molecular complexity index is 731. The molecule has 0 aliphatic carbocycles. The zero-order chi connectivity index (χ0) is 17.7. The lowest BCUT2D eigenvalue weighted by Gasteiger charge is -2.19. The van der Waals surface area contributed by atoms with Crippen molar-refractivity contribution in [3.8, 4) is 0 Å². The number of nitrogens with one attached hydrogen (secondary N) is 1. The van der Waals surface area contributed by atoms with E-state index in [1.54, 1.807) is 52.0 Å². The summed E-state index contributed by atoms with van der Waals surface area (Å²) >= 11 is 0. The Morgan fingerprint density at radius 1 is 1.25 bits per heavy atom. The van der Waals surface area contributed by atoms with E-state index in [0.717, 1.165) is 0 Å². The van der Waals surface area contributed by atoms with Crippen LogP contribution in [-0.2, 0) is 16.1 Å². The van der Waals surface area contributed by atoms with E-state index < -0.39 is 17.7 Å². The van der Waals surface area contributed by atoms with Crippen molar-refractivity contribution >= 4 is 17.7 Å². The third kappa shape index (κ3) is 5.42. The lowest BCUT2D eigenvalue weighted by atomic mass is 10.2. The number of nitrogens with zero attached hydrogens (tertiary/aromatic N) is 1. The average molecular weight is 332 g/mol. The second kappa shape index (κ2) is 7.16. The normalized spacial score (nSPS) is 11.0. The van der Waals surface area contributed by atoms with Crippen LogP contribution in [0.1, 0.15) is 42.6 Å². The highest BCUT2D eigenvalue weighted by Gasteiger charge is 2.17. The Kier molecular flexibility index (Phi) is 5.23. The second-order valence-electron chi connectivity index (χ2n) is 6.22. The summed E-state index contributed by atoms with van der Waals surface area (Å²) in [6.45, 7) is 7.08. The number of hydrogen-bond acceptors (Lipinski definition) is 6. The second-order valence-corrected chi connectivity index (χ2v) is 6.22. The van der Waals surface area contributed by atoms with Gasteiger partial charge in [0.15, 0.2) is 12.4 Å². The molecule has 7 nitrogen and oxygen atoms in total. The summed E-state index contributed by atoms with van der Waals surface area (Å²) < 4.78 is 15.3. The lowest BCUT2D eigenvalue weighted by molar-refractivity contribution is 0.0436. The summed E-state index contributed by atoms with van der Waals surface area (Å²) in [5.74, 6) is -0.0687. The molecule has 24 heavy (non-hydrogen) atoms. The van der Waals surface area contributed by atoms with E-state index in [1.165, 1.54) is 6.07 Å². The maximum absolute atomic E-state index is 12.1. The monoisotopic (exact) mass is 332 g/mol. The molecule has 1 heterocycles. The van der Waals surface area contributed by atoms with Gasteiger partial charge in [0, 0.05) is 11.8 Å². The molecule has 7 heteroatoms. The first-order valence-corrected chi connectivity index (χ1v) is 7.42. The molecule has 0 aliphatic rings. The highest BCUT2D eigenvalue weighted by molar-refractivity contribution is 5.92. The van der Waals surface area contributed by atoms with E-state index in [9.17, 15) is 9.59 Å². The third-order valence-electron chi connectivity index (χ3n) is 2.77. The molecule has 0 aliphatic heterocycles. The number of benzene rings is 1. The van der Waals surface area contributed by atoms with E-state index in [2.05, 4.69) is 10.5 Å². The Hall–Kier alpha value is -2.83. The van der Waals surface area contributed by atoms with Crippen LogP contribution in [0.25, 0.3) is 0 Å². The SMILES string of the molecule is Cc1cc(COC(=O)c2cccc(NC(=O)OC(C)(C)C)c2)on1. The first-order valence-electron chi connectivity index (χ1n) is 7.42. The summed E-state index contributed by atoms with van der Waals surface area (Å²) in [6, 6.07) is 8.09. The van der Waals surface area contributed by atoms with Gasteiger partial charge >= 0.3 is 12.1 Å². The zero-order valence-electron chi connectivity index (χ0n) is 14.1. The van der Waals surface area contributed by atoms with Crippen LogP contribution in [0, 0.1) is 6.92 Å². The number of hydrogen-bond donors (Lipinski definition) is 1. The Morgan fingerprint density at radius 2 is 2.00 bits per heavy atom. The van der Waals surface area contributed by atoms with Gasteiger partial charge in [-0.25, -0.2) is 9.59 Å². The molecule has 1 aromatic heterocycles. The van der Waals surface area contributed by atoms with Crippen molar-refractivity contribution in [1.82, 2.24) is 5.16 Å². The lowest BCUT2D eigenvalue weighted by Crippen LogP contribution is -2.27. The van der Waals surface area contributed by atoms with Crippen molar-refractivity contribution in [2.75, 3.05) is 5.32 Å². The molecule has 1 aromatic carbocycles. The topological polar surface area (TPSA) is 90.7 Å². The number of amides is 1. The van der Waals surface area contributed by atoms with Crippen LogP contribution in [0.5, 0.6) is 0 Å². The molecule has 0 fully saturated rings. The van der Waals surface area contributed by atoms with Gasteiger partial charge in [-0.1, -0.05) is 11.2 Å². The summed E-state index contributed by atoms with van der Waals surface area (Å²) in [5.41, 5.74) is 0.856. The molecule has 0 saturated heterocycles. The molecule has 1 amide bonds. The van der Waals surface area contributed by atoms with Crippen molar-refractivity contribution < 1.29 is 23.6 Å². The van der Waals surface area contributed by atoms with Crippen LogP contribution in [0.3, 0.4) is 0 Å². The Labute approximate surface area is 139 Å². The standard InChI is InChI=1S/C17H20N2O5/c1-11-8-14(24-19-11)10-22-15(20)12-6-5-7-13(9-12)18-16(21)23-17(2,3)4/h5-9H,10H2,1-4H3,(H,18,21). The molecule has 0 spiro atoms. The summed E-state index contributed by atoms with van der Waals surface area (Å²) in [5, 5.41) is 6.29. The molecule has 1 N–H and O–H groups in total. The largest absolute Gasteiger partial charge is 0.454 e. The van der Waals surface area contributed by atoms with Crippen LogP contribution >= 0.6 is 0 Å². The van der Waals surface area contributed by atoms with E-state index in [0.29, 0.717) is 22.7 Å². The first-order chi connectivity index (χ1) is 11.2. The van der Waals surface area contributed by atoms with E-state index in [1.807, 2.05) is 0 Å². The first kappa shape index (κ1) is 17.5. The van der Waals surface area contributed by atoms with Crippen LogP contribution in [0.4, 0.5) is 10.5 Å². The number of anilines is 1. The average Bonchev–Trinajstić information content (AvgIpc) is 2.88. The molecule has 0 radical (unpaired) electrons. The minimum atomic E-state index is -0.601. The summed E-state index contributed by atoms with van der Waals surface area (Å²) in [7, 11) is 0. The maximum atomic E-state index is 12.1. The predicted molar refractivity (Wildman–Crippen MR) is 86.7 cm³/mol. The molecule has 0 atom stereocenters. The molecule has 2 aromatic rings. The number of carbonyl (C=O) groups excluding carboxylic acids is 2. The van der Waals surface area contributed by atoms with Crippen molar-refractivity contribution in [2.45, 2.75) is 39.9 Å². The van der Waals surface area contributed by atoms with Gasteiger partial charge in [-0.3, -0.25) is 5.32 Å². The van der Waals surface area contributed by atoms with E-state index >= 15 is 0 Å². The fraction of sp³-hybridized carbons (Fsp3) is 0.353. The predicted octanol–water partition coefficient (Wildman–Crippen LogP) is 3.69. The quantitative estimate of drug-likeness (QED) is 0.859. The molecular weight excluding hydrogens is 312 g/mol.